The lowest BCUT2D eigenvalue weighted by molar-refractivity contribution is 0.399. The van der Waals surface area contributed by atoms with Crippen LogP contribution in [0.15, 0.2) is 6.07 Å². The summed E-state index contributed by atoms with van der Waals surface area (Å²) in [5.41, 5.74) is 8.16. The molecule has 1 unspecified atom stereocenters. The van der Waals surface area contributed by atoms with E-state index in [1.54, 1.807) is 0 Å². The fourth-order valence-corrected chi connectivity index (χ4v) is 2.03. The van der Waals surface area contributed by atoms with Gasteiger partial charge in [-0.2, -0.15) is 0 Å². The molecule has 0 amide bonds. The van der Waals surface area contributed by atoms with Crippen molar-refractivity contribution in [2.45, 2.75) is 57.9 Å². The SMILES string of the molecule is CCC(N)Cc1cc(C)nc(C2CCC2)n1. The highest BCUT2D eigenvalue weighted by molar-refractivity contribution is 5.14. The van der Waals surface area contributed by atoms with Crippen LogP contribution in [0.4, 0.5) is 0 Å². The molecule has 0 aliphatic heterocycles. The molecular weight excluding hydrogens is 198 g/mol. The van der Waals surface area contributed by atoms with E-state index in [0.29, 0.717) is 5.92 Å². The van der Waals surface area contributed by atoms with E-state index >= 15 is 0 Å². The zero-order chi connectivity index (χ0) is 11.5. The average Bonchev–Trinajstić information content (AvgIpc) is 2.13. The Labute approximate surface area is 97.5 Å². The van der Waals surface area contributed by atoms with Crippen LogP contribution in [0.5, 0.6) is 0 Å². The van der Waals surface area contributed by atoms with Gasteiger partial charge in [0.15, 0.2) is 0 Å². The van der Waals surface area contributed by atoms with Crippen LogP contribution in [-0.2, 0) is 6.42 Å². The van der Waals surface area contributed by atoms with Crippen molar-refractivity contribution in [3.8, 4) is 0 Å². The lowest BCUT2D eigenvalue weighted by Gasteiger charge is -2.24. The summed E-state index contributed by atoms with van der Waals surface area (Å²) in [5.74, 6) is 1.65. The predicted octanol–water partition coefficient (Wildman–Crippen LogP) is 2.33. The Bertz CT molecular complexity index is 358. The highest BCUT2D eigenvalue weighted by Crippen LogP contribution is 2.34. The summed E-state index contributed by atoms with van der Waals surface area (Å²) in [4.78, 5) is 9.19. The molecule has 1 aromatic heterocycles. The third-order valence-electron chi connectivity index (χ3n) is 3.39. The van der Waals surface area contributed by atoms with Crippen molar-refractivity contribution in [1.82, 2.24) is 9.97 Å². The lowest BCUT2D eigenvalue weighted by atomic mass is 9.84. The van der Waals surface area contributed by atoms with Gasteiger partial charge in [0.05, 0.1) is 0 Å². The Morgan fingerprint density at radius 3 is 2.75 bits per heavy atom. The summed E-state index contributed by atoms with van der Waals surface area (Å²) >= 11 is 0. The number of aryl methyl sites for hydroxylation is 1. The van der Waals surface area contributed by atoms with E-state index < -0.39 is 0 Å². The van der Waals surface area contributed by atoms with Crippen LogP contribution in [0.2, 0.25) is 0 Å². The first-order valence-corrected chi connectivity index (χ1v) is 6.29. The molecule has 2 N–H and O–H groups in total. The van der Waals surface area contributed by atoms with Crippen molar-refractivity contribution in [3.63, 3.8) is 0 Å². The van der Waals surface area contributed by atoms with Crippen LogP contribution in [0.1, 0.15) is 55.7 Å². The minimum atomic E-state index is 0.226. The Hall–Kier alpha value is -0.960. The maximum absolute atomic E-state index is 5.97. The molecule has 1 aliphatic rings. The molecule has 0 bridgehead atoms. The van der Waals surface area contributed by atoms with Crippen LogP contribution >= 0.6 is 0 Å². The van der Waals surface area contributed by atoms with Crippen LogP contribution < -0.4 is 5.73 Å². The van der Waals surface area contributed by atoms with Crippen LogP contribution in [-0.4, -0.2) is 16.0 Å². The molecule has 0 saturated heterocycles. The molecule has 1 fully saturated rings. The van der Waals surface area contributed by atoms with Gasteiger partial charge in [-0.15, -0.1) is 0 Å². The number of rotatable bonds is 4. The lowest BCUT2D eigenvalue weighted by Crippen LogP contribution is -2.23. The van der Waals surface area contributed by atoms with E-state index in [2.05, 4.69) is 23.0 Å². The van der Waals surface area contributed by atoms with Gasteiger partial charge in [0.2, 0.25) is 0 Å². The van der Waals surface area contributed by atoms with Gasteiger partial charge >= 0.3 is 0 Å². The topological polar surface area (TPSA) is 51.8 Å². The maximum atomic E-state index is 5.97. The van der Waals surface area contributed by atoms with Gasteiger partial charge in [-0.05, 0) is 32.3 Å². The highest BCUT2D eigenvalue weighted by atomic mass is 14.9. The monoisotopic (exact) mass is 219 g/mol. The smallest absolute Gasteiger partial charge is 0.131 e. The first-order valence-electron chi connectivity index (χ1n) is 6.29. The standard InChI is InChI=1S/C13H21N3/c1-3-11(14)8-12-7-9(2)15-13(16-12)10-5-4-6-10/h7,10-11H,3-6,8,14H2,1-2H3. The van der Waals surface area contributed by atoms with Crippen LogP contribution in [0.25, 0.3) is 0 Å². The second-order valence-electron chi connectivity index (χ2n) is 4.86. The first-order chi connectivity index (χ1) is 7.69. The van der Waals surface area contributed by atoms with Crippen molar-refractivity contribution in [3.05, 3.63) is 23.3 Å². The summed E-state index contributed by atoms with van der Waals surface area (Å²) in [6.45, 7) is 4.16. The van der Waals surface area contributed by atoms with Crippen LogP contribution in [0.3, 0.4) is 0 Å². The molecule has 1 atom stereocenters. The van der Waals surface area contributed by atoms with E-state index in [1.807, 2.05) is 6.92 Å². The molecule has 3 heteroatoms. The number of aromatic nitrogens is 2. The number of nitrogens with zero attached hydrogens (tertiary/aromatic N) is 2. The van der Waals surface area contributed by atoms with Crippen molar-refractivity contribution in [1.29, 1.82) is 0 Å². The minimum absolute atomic E-state index is 0.226. The van der Waals surface area contributed by atoms with Gasteiger partial charge < -0.3 is 5.73 Å². The summed E-state index contributed by atoms with van der Waals surface area (Å²) in [6, 6.07) is 2.29. The third-order valence-corrected chi connectivity index (χ3v) is 3.39. The molecule has 3 nitrogen and oxygen atoms in total. The Morgan fingerprint density at radius 1 is 1.44 bits per heavy atom. The normalized spacial score (nSPS) is 18.2. The zero-order valence-electron chi connectivity index (χ0n) is 10.2. The summed E-state index contributed by atoms with van der Waals surface area (Å²) < 4.78 is 0. The Kier molecular flexibility index (Phi) is 3.54. The third kappa shape index (κ3) is 2.59. The second-order valence-corrected chi connectivity index (χ2v) is 4.86. The number of hydrogen-bond acceptors (Lipinski definition) is 3. The largest absolute Gasteiger partial charge is 0.327 e. The molecule has 0 radical (unpaired) electrons. The number of nitrogens with two attached hydrogens (primary N) is 1. The van der Waals surface area contributed by atoms with E-state index in [4.69, 9.17) is 5.73 Å². The molecule has 1 aliphatic carbocycles. The summed E-state index contributed by atoms with van der Waals surface area (Å²) in [6.07, 6.45) is 5.71. The van der Waals surface area contributed by atoms with E-state index in [1.165, 1.54) is 19.3 Å². The van der Waals surface area contributed by atoms with Gasteiger partial charge in [-0.25, -0.2) is 9.97 Å². The van der Waals surface area contributed by atoms with Crippen molar-refractivity contribution >= 4 is 0 Å². The summed E-state index contributed by atoms with van der Waals surface area (Å²) in [5, 5.41) is 0. The molecule has 1 saturated carbocycles. The first kappa shape index (κ1) is 11.5. The van der Waals surface area contributed by atoms with Crippen molar-refractivity contribution in [2.24, 2.45) is 5.73 Å². The molecule has 0 aromatic carbocycles. The van der Waals surface area contributed by atoms with E-state index in [9.17, 15) is 0 Å². The molecule has 0 spiro atoms. The fraction of sp³-hybridized carbons (Fsp3) is 0.692. The van der Waals surface area contributed by atoms with Crippen molar-refractivity contribution < 1.29 is 0 Å². The highest BCUT2D eigenvalue weighted by Gasteiger charge is 2.22. The molecular formula is C13H21N3. The van der Waals surface area contributed by atoms with Crippen molar-refractivity contribution in [2.75, 3.05) is 0 Å². The second kappa shape index (κ2) is 4.91. The van der Waals surface area contributed by atoms with Gasteiger partial charge in [0, 0.05) is 29.8 Å². The maximum Gasteiger partial charge on any atom is 0.131 e. The number of hydrogen-bond donors (Lipinski definition) is 1. The van der Waals surface area contributed by atoms with Gasteiger partial charge in [0.1, 0.15) is 5.82 Å². The van der Waals surface area contributed by atoms with E-state index in [-0.39, 0.29) is 6.04 Å². The molecule has 88 valence electrons. The molecule has 1 aromatic rings. The predicted molar refractivity (Wildman–Crippen MR) is 65.3 cm³/mol. The Morgan fingerprint density at radius 2 is 2.19 bits per heavy atom. The zero-order valence-corrected chi connectivity index (χ0v) is 10.2. The molecule has 1 heterocycles. The van der Waals surface area contributed by atoms with Crippen LogP contribution in [0, 0.1) is 6.92 Å². The molecule has 2 rings (SSSR count). The minimum Gasteiger partial charge on any atom is -0.327 e. The van der Waals surface area contributed by atoms with Gasteiger partial charge in [-0.1, -0.05) is 13.3 Å². The van der Waals surface area contributed by atoms with Gasteiger partial charge in [-0.3, -0.25) is 0 Å². The average molecular weight is 219 g/mol. The summed E-state index contributed by atoms with van der Waals surface area (Å²) in [7, 11) is 0. The van der Waals surface area contributed by atoms with E-state index in [0.717, 1.165) is 30.1 Å². The fourth-order valence-electron chi connectivity index (χ4n) is 2.03. The Balaban J connectivity index is 2.14. The molecule has 16 heavy (non-hydrogen) atoms. The quantitative estimate of drug-likeness (QED) is 0.845. The van der Waals surface area contributed by atoms with Gasteiger partial charge in [0.25, 0.3) is 0 Å².